The van der Waals surface area contributed by atoms with Gasteiger partial charge in [-0.15, -0.1) is 0 Å². The van der Waals surface area contributed by atoms with E-state index in [-0.39, 0.29) is 30.0 Å². The molecule has 4 saturated heterocycles. The summed E-state index contributed by atoms with van der Waals surface area (Å²) in [6, 6.07) is 13.0. The Kier molecular flexibility index (Phi) is 12.2. The summed E-state index contributed by atoms with van der Waals surface area (Å²) in [5.74, 6) is 1.86. The van der Waals surface area contributed by atoms with Crippen LogP contribution in [0.3, 0.4) is 0 Å². The van der Waals surface area contributed by atoms with E-state index in [0.717, 1.165) is 112 Å². The molecule has 1 aliphatic carbocycles. The maximum atomic E-state index is 13.1. The van der Waals surface area contributed by atoms with Crippen molar-refractivity contribution in [2.75, 3.05) is 63.5 Å². The highest BCUT2D eigenvalue weighted by Crippen LogP contribution is 2.48. The first-order valence-corrected chi connectivity index (χ1v) is 23.7. The zero-order valence-corrected chi connectivity index (χ0v) is 37.5. The van der Waals surface area contributed by atoms with Gasteiger partial charge in [-0.2, -0.15) is 5.10 Å². The average molecular weight is 885 g/mol. The van der Waals surface area contributed by atoms with E-state index in [0.29, 0.717) is 84.6 Å². The minimum absolute atomic E-state index is 0.0547. The van der Waals surface area contributed by atoms with Gasteiger partial charge in [0.05, 0.1) is 16.6 Å². The summed E-state index contributed by atoms with van der Waals surface area (Å²) in [5.41, 5.74) is 13.3. The molecule has 0 spiro atoms. The molecular weight excluding hydrogens is 825 g/mol. The van der Waals surface area contributed by atoms with Crippen molar-refractivity contribution in [3.8, 4) is 22.6 Å². The number of nitrogen functional groups attached to an aromatic ring is 1. The molecule has 17 heteroatoms. The number of amides is 3. The molecule has 4 aromatic heterocycles. The van der Waals surface area contributed by atoms with Crippen LogP contribution < -0.4 is 16.4 Å². The number of pyridine rings is 1. The number of aromatic nitrogens is 6. The number of carbonyl (C=O) groups is 3. The van der Waals surface area contributed by atoms with Crippen LogP contribution in [0.2, 0.25) is 0 Å². The molecule has 4 aliphatic heterocycles. The van der Waals surface area contributed by atoms with Crippen molar-refractivity contribution in [2.24, 2.45) is 0 Å². The van der Waals surface area contributed by atoms with Crippen molar-refractivity contribution < 1.29 is 23.6 Å². The second kappa shape index (κ2) is 18.5. The molecule has 1 saturated carbocycles. The largest absolute Gasteiger partial charge is 0.448 e. The van der Waals surface area contributed by atoms with Gasteiger partial charge in [-0.3, -0.25) is 24.8 Å². The molecule has 0 radical (unpaired) electrons. The molecule has 1 unspecified atom stereocenters. The van der Waals surface area contributed by atoms with Crippen molar-refractivity contribution >= 4 is 40.4 Å². The lowest BCUT2D eigenvalue weighted by atomic mass is 9.88. The number of carbonyl (C=O) groups excluding carboxylic acids is 3. The Bertz CT molecular complexity index is 2490. The fraction of sp³-hybridized carbons (Fsp3) is 0.542. The van der Waals surface area contributed by atoms with Gasteiger partial charge in [-0.1, -0.05) is 23.4 Å². The van der Waals surface area contributed by atoms with E-state index in [4.69, 9.17) is 25.1 Å². The standard InChI is InChI=1S/C48H60N12O5/c1-29(2)60-46-41(45(49)51-28-52-46)42(55-60)43-40(44(65-56-43)33-3-4-33)37-10-7-34(27-50-37)32-15-23-59(24-16-32)48(63)64-26-25-57-19-17-36(18-20-57)58-21-13-31(14-22-58)30-5-8-35(9-6-30)53-38-11-12-39(61)54-47(38)62/h5-10,27-29,31-33,36,38,53H,3-4,11-26H2,1-2H3,(H2,49,51,52)(H,54,61,62). The zero-order chi connectivity index (χ0) is 44.6. The van der Waals surface area contributed by atoms with Gasteiger partial charge in [-0.25, -0.2) is 19.4 Å². The highest BCUT2D eigenvalue weighted by molar-refractivity contribution is 6.02. The summed E-state index contributed by atoms with van der Waals surface area (Å²) in [4.78, 5) is 57.5. The molecule has 4 N–H and O–H groups in total. The normalized spacial score (nSPS) is 21.0. The van der Waals surface area contributed by atoms with Crippen LogP contribution in [0.15, 0.2) is 53.4 Å². The fourth-order valence-corrected chi connectivity index (χ4v) is 10.4. The molecule has 3 amide bonds. The number of piperidine rings is 4. The van der Waals surface area contributed by atoms with Crippen LogP contribution in [-0.2, 0) is 14.3 Å². The van der Waals surface area contributed by atoms with Crippen LogP contribution >= 0.6 is 0 Å². The molecule has 5 fully saturated rings. The van der Waals surface area contributed by atoms with E-state index in [2.05, 4.69) is 85.8 Å². The van der Waals surface area contributed by atoms with E-state index in [1.165, 1.54) is 11.9 Å². The minimum atomic E-state index is -0.369. The number of imide groups is 1. The molecule has 17 nitrogen and oxygen atoms in total. The predicted molar refractivity (Wildman–Crippen MR) is 245 cm³/mol. The van der Waals surface area contributed by atoms with Gasteiger partial charge in [0.1, 0.15) is 41.9 Å². The van der Waals surface area contributed by atoms with Gasteiger partial charge in [-0.05, 0) is 139 Å². The van der Waals surface area contributed by atoms with E-state index < -0.39 is 0 Å². The Morgan fingerprint density at radius 3 is 2.26 bits per heavy atom. The van der Waals surface area contributed by atoms with Crippen molar-refractivity contribution in [2.45, 2.75) is 114 Å². The number of fused-ring (bicyclic) bond motifs is 1. The number of hydrogen-bond donors (Lipinski definition) is 3. The Hall–Kier alpha value is -5.94. The third kappa shape index (κ3) is 9.17. The SMILES string of the molecule is CC(C)n1nc(-c2noc(C3CC3)c2-c2ccc(C3CCN(C(=O)OCCN4CCC(N5CCC(c6ccc(NC7CCC(=O)NC7=O)cc6)CC5)CC4)CC3)cn2)c2c(N)ncnc21. The van der Waals surface area contributed by atoms with Crippen LogP contribution in [0.5, 0.6) is 0 Å². The summed E-state index contributed by atoms with van der Waals surface area (Å²) >= 11 is 0. The van der Waals surface area contributed by atoms with Gasteiger partial charge in [0.15, 0.2) is 5.65 Å². The highest BCUT2D eigenvalue weighted by atomic mass is 16.6. The maximum absolute atomic E-state index is 13.1. The van der Waals surface area contributed by atoms with Crippen LogP contribution in [-0.4, -0.2) is 127 Å². The third-order valence-electron chi connectivity index (χ3n) is 14.4. The van der Waals surface area contributed by atoms with E-state index >= 15 is 0 Å². The Labute approximate surface area is 378 Å². The average Bonchev–Trinajstić information content (AvgIpc) is 3.95. The molecule has 0 bridgehead atoms. The number of rotatable bonds is 12. The number of nitrogens with zero attached hydrogens (tertiary/aromatic N) is 9. The summed E-state index contributed by atoms with van der Waals surface area (Å²) < 4.78 is 13.7. The van der Waals surface area contributed by atoms with Crippen molar-refractivity contribution in [1.29, 1.82) is 0 Å². The molecule has 65 heavy (non-hydrogen) atoms. The zero-order valence-electron chi connectivity index (χ0n) is 37.5. The molecule has 1 aromatic carbocycles. The molecule has 10 rings (SSSR count). The minimum Gasteiger partial charge on any atom is -0.448 e. The number of nitrogens with two attached hydrogens (primary N) is 1. The van der Waals surface area contributed by atoms with Crippen LogP contribution in [0.1, 0.15) is 119 Å². The maximum Gasteiger partial charge on any atom is 0.409 e. The predicted octanol–water partition coefficient (Wildman–Crippen LogP) is 6.46. The number of benzene rings is 1. The van der Waals surface area contributed by atoms with E-state index in [1.54, 1.807) is 0 Å². The van der Waals surface area contributed by atoms with Crippen molar-refractivity contribution in [3.63, 3.8) is 0 Å². The summed E-state index contributed by atoms with van der Waals surface area (Å²) in [6.07, 6.45) is 12.4. The first-order valence-electron chi connectivity index (χ1n) is 23.7. The smallest absolute Gasteiger partial charge is 0.409 e. The summed E-state index contributed by atoms with van der Waals surface area (Å²) in [6.45, 7) is 10.8. The lowest BCUT2D eigenvalue weighted by Crippen LogP contribution is -2.48. The molecule has 8 heterocycles. The Balaban J connectivity index is 0.657. The van der Waals surface area contributed by atoms with Crippen LogP contribution in [0.4, 0.5) is 16.3 Å². The highest BCUT2D eigenvalue weighted by Gasteiger charge is 2.36. The number of likely N-dealkylation sites (tertiary alicyclic amines) is 3. The van der Waals surface area contributed by atoms with Crippen molar-refractivity contribution in [3.05, 3.63) is 65.8 Å². The second-order valence-corrected chi connectivity index (χ2v) is 18.9. The Morgan fingerprint density at radius 1 is 0.846 bits per heavy atom. The quantitative estimate of drug-likeness (QED) is 0.115. The number of anilines is 2. The van der Waals surface area contributed by atoms with E-state index in [9.17, 15) is 14.4 Å². The van der Waals surface area contributed by atoms with Gasteiger partial charge >= 0.3 is 6.09 Å². The van der Waals surface area contributed by atoms with Crippen molar-refractivity contribution in [1.82, 2.24) is 49.9 Å². The van der Waals surface area contributed by atoms with Gasteiger partial charge in [0.25, 0.3) is 0 Å². The van der Waals surface area contributed by atoms with Crippen LogP contribution in [0, 0.1) is 0 Å². The first kappa shape index (κ1) is 43.0. The molecule has 5 aliphatic rings. The molecule has 1 atom stereocenters. The lowest BCUT2D eigenvalue weighted by Gasteiger charge is -2.42. The molecular formula is C48H60N12O5. The lowest BCUT2D eigenvalue weighted by molar-refractivity contribution is -0.133. The van der Waals surface area contributed by atoms with Gasteiger partial charge in [0, 0.05) is 55.9 Å². The third-order valence-corrected chi connectivity index (χ3v) is 14.4. The van der Waals surface area contributed by atoms with Crippen LogP contribution in [0.25, 0.3) is 33.7 Å². The molecule has 5 aromatic rings. The number of ether oxygens (including phenoxy) is 1. The monoisotopic (exact) mass is 884 g/mol. The molecule has 342 valence electrons. The first-order chi connectivity index (χ1) is 31.7. The van der Waals surface area contributed by atoms with E-state index in [1.807, 2.05) is 15.8 Å². The summed E-state index contributed by atoms with van der Waals surface area (Å²) in [7, 11) is 0. The summed E-state index contributed by atoms with van der Waals surface area (Å²) in [5, 5.41) is 15.8. The van der Waals surface area contributed by atoms with Gasteiger partial charge < -0.3 is 30.1 Å². The number of hydrogen-bond acceptors (Lipinski definition) is 14. The van der Waals surface area contributed by atoms with Gasteiger partial charge in [0.2, 0.25) is 11.8 Å². The Morgan fingerprint density at radius 2 is 1.57 bits per heavy atom. The topological polar surface area (TPSA) is 203 Å². The number of nitrogens with one attached hydrogen (secondary N) is 2. The fourth-order valence-electron chi connectivity index (χ4n) is 10.4. The second-order valence-electron chi connectivity index (χ2n) is 18.9.